The first-order valence-corrected chi connectivity index (χ1v) is 7.97. The van der Waals surface area contributed by atoms with Crippen LogP contribution in [0.2, 0.25) is 0 Å². The van der Waals surface area contributed by atoms with Crippen molar-refractivity contribution >= 4 is 17.5 Å². The first-order valence-electron chi connectivity index (χ1n) is 7.97. The molecule has 1 heterocycles. The third kappa shape index (κ3) is 4.10. The van der Waals surface area contributed by atoms with Crippen molar-refractivity contribution in [1.82, 2.24) is 5.32 Å². The van der Waals surface area contributed by atoms with Gasteiger partial charge in [-0.1, -0.05) is 6.07 Å². The average Bonchev–Trinajstić information content (AvgIpc) is 2.60. The molecule has 0 atom stereocenters. The van der Waals surface area contributed by atoms with Crippen molar-refractivity contribution in [2.45, 2.75) is 18.8 Å². The Kier molecular flexibility index (Phi) is 4.82. The highest BCUT2D eigenvalue weighted by Gasteiger charge is 2.37. The highest BCUT2D eigenvalue weighted by Crippen LogP contribution is 2.36. The van der Waals surface area contributed by atoms with Crippen LogP contribution in [0.15, 0.2) is 36.4 Å². The number of carbonyl (C=O) groups is 2. The zero-order valence-corrected chi connectivity index (χ0v) is 14.0. The molecular formula is C18H12F6N2O2. The number of benzene rings is 2. The van der Waals surface area contributed by atoms with Crippen LogP contribution in [-0.4, -0.2) is 18.4 Å². The molecule has 0 bridgehead atoms. The summed E-state index contributed by atoms with van der Waals surface area (Å²) >= 11 is 0. The van der Waals surface area contributed by atoms with Crippen LogP contribution in [0.5, 0.6) is 0 Å². The molecular weight excluding hydrogens is 390 g/mol. The summed E-state index contributed by atoms with van der Waals surface area (Å²) in [5.74, 6) is -1.54. The summed E-state index contributed by atoms with van der Waals surface area (Å²) in [6.45, 7) is 0.446. The predicted octanol–water partition coefficient (Wildman–Crippen LogP) is 4.26. The third-order valence-electron chi connectivity index (χ3n) is 4.14. The molecule has 2 amide bonds. The smallest absolute Gasteiger partial charge is 0.352 e. The zero-order valence-electron chi connectivity index (χ0n) is 14.0. The Bertz CT molecular complexity index is 918. The van der Waals surface area contributed by atoms with E-state index in [1.165, 1.54) is 12.1 Å². The van der Waals surface area contributed by atoms with Gasteiger partial charge in [0, 0.05) is 23.4 Å². The molecule has 10 heteroatoms. The van der Waals surface area contributed by atoms with Gasteiger partial charge in [0.2, 0.25) is 0 Å². The van der Waals surface area contributed by atoms with Gasteiger partial charge in [-0.2, -0.15) is 26.3 Å². The van der Waals surface area contributed by atoms with Gasteiger partial charge in [-0.05, 0) is 42.3 Å². The fourth-order valence-electron chi connectivity index (χ4n) is 2.78. The van der Waals surface area contributed by atoms with E-state index < -0.39 is 35.0 Å². The van der Waals surface area contributed by atoms with Gasteiger partial charge in [-0.25, -0.2) is 0 Å². The van der Waals surface area contributed by atoms with Crippen molar-refractivity contribution < 1.29 is 35.9 Å². The molecule has 2 aromatic carbocycles. The minimum absolute atomic E-state index is 0.0555. The Morgan fingerprint density at radius 3 is 2.11 bits per heavy atom. The molecule has 0 radical (unpaired) electrons. The predicted molar refractivity (Wildman–Crippen MR) is 86.9 cm³/mol. The topological polar surface area (TPSA) is 58.2 Å². The molecule has 1 aliphatic rings. The maximum absolute atomic E-state index is 12.9. The lowest BCUT2D eigenvalue weighted by atomic mass is 9.99. The zero-order chi connectivity index (χ0) is 20.7. The summed E-state index contributed by atoms with van der Waals surface area (Å²) in [7, 11) is 0. The molecule has 3 rings (SSSR count). The average molecular weight is 402 g/mol. The van der Waals surface area contributed by atoms with Crippen molar-refractivity contribution in [1.29, 1.82) is 0 Å². The second kappa shape index (κ2) is 6.84. The van der Waals surface area contributed by atoms with E-state index in [4.69, 9.17) is 0 Å². The quantitative estimate of drug-likeness (QED) is 0.738. The van der Waals surface area contributed by atoms with Crippen LogP contribution in [-0.2, 0) is 18.8 Å². The summed E-state index contributed by atoms with van der Waals surface area (Å²) in [4.78, 5) is 24.1. The number of amides is 2. The van der Waals surface area contributed by atoms with E-state index in [9.17, 15) is 35.9 Å². The molecule has 2 aromatic rings. The monoisotopic (exact) mass is 402 g/mol. The van der Waals surface area contributed by atoms with Crippen LogP contribution in [0.25, 0.3) is 0 Å². The SMILES string of the molecule is O=C(Nc1ccc2c(c1)C(=O)NCC2)c1cc(C(F)(F)F)cc(C(F)(F)F)c1. The molecule has 28 heavy (non-hydrogen) atoms. The van der Waals surface area contributed by atoms with E-state index in [0.29, 0.717) is 25.1 Å². The van der Waals surface area contributed by atoms with Gasteiger partial charge in [0.25, 0.3) is 11.8 Å². The van der Waals surface area contributed by atoms with Crippen molar-refractivity contribution in [3.63, 3.8) is 0 Å². The second-order valence-electron chi connectivity index (χ2n) is 6.13. The Morgan fingerprint density at radius 1 is 0.929 bits per heavy atom. The van der Waals surface area contributed by atoms with Gasteiger partial charge >= 0.3 is 12.4 Å². The van der Waals surface area contributed by atoms with E-state index in [1.807, 2.05) is 0 Å². The van der Waals surface area contributed by atoms with Gasteiger partial charge in [-0.3, -0.25) is 9.59 Å². The number of nitrogens with one attached hydrogen (secondary N) is 2. The molecule has 0 saturated heterocycles. The van der Waals surface area contributed by atoms with Crippen molar-refractivity contribution in [3.8, 4) is 0 Å². The number of anilines is 1. The molecule has 0 saturated carbocycles. The van der Waals surface area contributed by atoms with Crippen LogP contribution in [0.3, 0.4) is 0 Å². The lowest BCUT2D eigenvalue weighted by molar-refractivity contribution is -0.143. The van der Waals surface area contributed by atoms with E-state index in [-0.39, 0.29) is 23.2 Å². The van der Waals surface area contributed by atoms with E-state index in [1.54, 1.807) is 6.07 Å². The number of rotatable bonds is 2. The maximum atomic E-state index is 12.9. The van der Waals surface area contributed by atoms with Crippen molar-refractivity contribution in [2.75, 3.05) is 11.9 Å². The minimum atomic E-state index is -5.06. The molecule has 0 aliphatic carbocycles. The first kappa shape index (κ1) is 19.7. The summed E-state index contributed by atoms with van der Waals surface area (Å²) in [6.07, 6.45) is -9.54. The second-order valence-corrected chi connectivity index (χ2v) is 6.13. The van der Waals surface area contributed by atoms with Crippen LogP contribution in [0.4, 0.5) is 32.0 Å². The van der Waals surface area contributed by atoms with Gasteiger partial charge in [0.15, 0.2) is 0 Å². The normalized spacial score (nSPS) is 14.3. The van der Waals surface area contributed by atoms with Gasteiger partial charge in [0.1, 0.15) is 0 Å². The largest absolute Gasteiger partial charge is 0.416 e. The third-order valence-corrected chi connectivity index (χ3v) is 4.14. The fraction of sp³-hybridized carbons (Fsp3) is 0.222. The van der Waals surface area contributed by atoms with Crippen LogP contribution < -0.4 is 10.6 Å². The Morgan fingerprint density at radius 2 is 1.54 bits per heavy atom. The number of halogens is 6. The van der Waals surface area contributed by atoms with Crippen molar-refractivity contribution in [3.05, 3.63) is 64.2 Å². The molecule has 2 N–H and O–H groups in total. The van der Waals surface area contributed by atoms with Crippen LogP contribution in [0, 0.1) is 0 Å². The van der Waals surface area contributed by atoms with Gasteiger partial charge in [-0.15, -0.1) is 0 Å². The summed E-state index contributed by atoms with van der Waals surface area (Å²) in [5, 5.41) is 4.83. The summed E-state index contributed by atoms with van der Waals surface area (Å²) in [6, 6.07) is 4.94. The Labute approximate surface area is 154 Å². The van der Waals surface area contributed by atoms with Crippen molar-refractivity contribution in [2.24, 2.45) is 0 Å². The highest BCUT2D eigenvalue weighted by molar-refractivity contribution is 6.05. The summed E-state index contributed by atoms with van der Waals surface area (Å²) < 4.78 is 77.5. The number of hydrogen-bond donors (Lipinski definition) is 2. The number of fused-ring (bicyclic) bond motifs is 1. The lowest BCUT2D eigenvalue weighted by Gasteiger charge is -2.18. The molecule has 0 unspecified atom stereocenters. The Hall–Kier alpha value is -3.04. The maximum Gasteiger partial charge on any atom is 0.416 e. The van der Waals surface area contributed by atoms with E-state index >= 15 is 0 Å². The van der Waals surface area contributed by atoms with Gasteiger partial charge in [0.05, 0.1) is 11.1 Å². The standard InChI is InChI=1S/C18H12F6N2O2/c19-17(20,21)11-5-10(6-12(7-11)18(22,23)24)15(27)26-13-2-1-9-3-4-25-16(28)14(9)8-13/h1-2,5-8H,3-4H2,(H,25,28)(H,26,27). The molecule has 4 nitrogen and oxygen atoms in total. The van der Waals surface area contributed by atoms with E-state index in [0.717, 1.165) is 5.56 Å². The summed E-state index contributed by atoms with van der Waals surface area (Å²) in [5.41, 5.74) is -2.89. The Balaban J connectivity index is 1.94. The van der Waals surface area contributed by atoms with Gasteiger partial charge < -0.3 is 10.6 Å². The molecule has 1 aliphatic heterocycles. The molecule has 0 aromatic heterocycles. The lowest BCUT2D eigenvalue weighted by Crippen LogP contribution is -2.31. The fourth-order valence-corrected chi connectivity index (χ4v) is 2.78. The number of hydrogen-bond acceptors (Lipinski definition) is 2. The number of alkyl halides is 6. The van der Waals surface area contributed by atoms with Crippen LogP contribution >= 0.6 is 0 Å². The molecule has 148 valence electrons. The molecule has 0 spiro atoms. The number of carbonyl (C=O) groups excluding carboxylic acids is 2. The molecule has 0 fully saturated rings. The first-order chi connectivity index (χ1) is 12.9. The van der Waals surface area contributed by atoms with E-state index in [2.05, 4.69) is 10.6 Å². The minimum Gasteiger partial charge on any atom is -0.352 e. The highest BCUT2D eigenvalue weighted by atomic mass is 19.4. The van der Waals surface area contributed by atoms with Crippen LogP contribution in [0.1, 0.15) is 37.4 Å².